The Morgan fingerprint density at radius 2 is 2.00 bits per heavy atom. The SMILES string of the molecule is CC(C)N1CCC(ON)C1.Cl.Cl. The van der Waals surface area contributed by atoms with Crippen LogP contribution in [0.4, 0.5) is 0 Å². The van der Waals surface area contributed by atoms with Crippen LogP contribution in [0.25, 0.3) is 0 Å². The Balaban J connectivity index is 0. The van der Waals surface area contributed by atoms with Gasteiger partial charge in [-0.3, -0.25) is 9.74 Å². The number of nitrogens with two attached hydrogens (primary N) is 1. The molecule has 1 saturated heterocycles. The molecule has 0 amide bonds. The molecule has 1 aliphatic rings. The first kappa shape index (κ1) is 15.0. The van der Waals surface area contributed by atoms with E-state index in [9.17, 15) is 0 Å². The van der Waals surface area contributed by atoms with E-state index in [1.165, 1.54) is 0 Å². The summed E-state index contributed by atoms with van der Waals surface area (Å²) in [6.07, 6.45) is 1.34. The number of hydrogen-bond acceptors (Lipinski definition) is 3. The summed E-state index contributed by atoms with van der Waals surface area (Å²) >= 11 is 0. The second kappa shape index (κ2) is 6.92. The monoisotopic (exact) mass is 216 g/mol. The van der Waals surface area contributed by atoms with E-state index in [1.807, 2.05) is 0 Å². The molecule has 12 heavy (non-hydrogen) atoms. The number of rotatable bonds is 2. The maximum atomic E-state index is 5.07. The molecule has 0 aliphatic carbocycles. The molecule has 76 valence electrons. The van der Waals surface area contributed by atoms with Crippen molar-refractivity contribution in [1.82, 2.24) is 4.90 Å². The Kier molecular flexibility index (Phi) is 8.63. The average Bonchev–Trinajstić information content (AvgIpc) is 2.34. The third-order valence-electron chi connectivity index (χ3n) is 2.10. The minimum absolute atomic E-state index is 0. The van der Waals surface area contributed by atoms with Crippen LogP contribution in [0, 0.1) is 0 Å². The first-order valence-corrected chi connectivity index (χ1v) is 3.83. The Labute approximate surface area is 86.4 Å². The molecule has 1 fully saturated rings. The summed E-state index contributed by atoms with van der Waals surface area (Å²) in [5.41, 5.74) is 0. The van der Waals surface area contributed by atoms with Crippen molar-refractivity contribution in [3.63, 3.8) is 0 Å². The molecular formula is C7H18Cl2N2O. The molecule has 0 radical (unpaired) electrons. The van der Waals surface area contributed by atoms with E-state index in [2.05, 4.69) is 18.7 Å². The molecule has 0 saturated carbocycles. The number of likely N-dealkylation sites (tertiary alicyclic amines) is 1. The lowest BCUT2D eigenvalue weighted by molar-refractivity contribution is 0.0569. The van der Waals surface area contributed by atoms with Crippen LogP contribution >= 0.6 is 24.8 Å². The zero-order valence-corrected chi connectivity index (χ0v) is 9.16. The lowest BCUT2D eigenvalue weighted by Crippen LogP contribution is -2.30. The molecule has 3 nitrogen and oxygen atoms in total. The first-order chi connectivity index (χ1) is 4.74. The summed E-state index contributed by atoms with van der Waals surface area (Å²) in [6, 6.07) is 0.625. The largest absolute Gasteiger partial charge is 0.300 e. The minimum atomic E-state index is 0. The third kappa shape index (κ3) is 3.92. The summed E-state index contributed by atoms with van der Waals surface area (Å²) in [5.74, 6) is 5.07. The molecule has 1 heterocycles. The van der Waals surface area contributed by atoms with Crippen molar-refractivity contribution in [2.75, 3.05) is 13.1 Å². The maximum Gasteiger partial charge on any atom is 0.0926 e. The van der Waals surface area contributed by atoms with Crippen molar-refractivity contribution in [2.24, 2.45) is 5.90 Å². The van der Waals surface area contributed by atoms with Crippen LogP contribution in [0.1, 0.15) is 20.3 Å². The van der Waals surface area contributed by atoms with Crippen molar-refractivity contribution >= 4 is 24.8 Å². The van der Waals surface area contributed by atoms with Gasteiger partial charge in [-0.1, -0.05) is 0 Å². The molecule has 0 spiro atoms. The van der Waals surface area contributed by atoms with Crippen LogP contribution in [-0.4, -0.2) is 30.1 Å². The van der Waals surface area contributed by atoms with Crippen LogP contribution in [0.3, 0.4) is 0 Å². The van der Waals surface area contributed by atoms with E-state index in [4.69, 9.17) is 10.7 Å². The minimum Gasteiger partial charge on any atom is -0.300 e. The maximum absolute atomic E-state index is 5.07. The van der Waals surface area contributed by atoms with Gasteiger partial charge in [-0.05, 0) is 20.3 Å². The summed E-state index contributed by atoms with van der Waals surface area (Å²) in [7, 11) is 0. The molecule has 0 bridgehead atoms. The molecule has 1 unspecified atom stereocenters. The second-order valence-electron chi connectivity index (χ2n) is 3.14. The highest BCUT2D eigenvalue weighted by Gasteiger charge is 2.23. The van der Waals surface area contributed by atoms with Gasteiger partial charge in [0.05, 0.1) is 6.10 Å². The highest BCUT2D eigenvalue weighted by Crippen LogP contribution is 2.13. The molecule has 1 atom stereocenters. The molecular weight excluding hydrogens is 199 g/mol. The van der Waals surface area contributed by atoms with Gasteiger partial charge in [-0.2, -0.15) is 0 Å². The van der Waals surface area contributed by atoms with E-state index >= 15 is 0 Å². The van der Waals surface area contributed by atoms with E-state index in [1.54, 1.807) is 0 Å². The van der Waals surface area contributed by atoms with Gasteiger partial charge in [0.1, 0.15) is 0 Å². The van der Waals surface area contributed by atoms with Crippen molar-refractivity contribution in [2.45, 2.75) is 32.4 Å². The van der Waals surface area contributed by atoms with Crippen molar-refractivity contribution in [1.29, 1.82) is 0 Å². The van der Waals surface area contributed by atoms with Gasteiger partial charge >= 0.3 is 0 Å². The zero-order chi connectivity index (χ0) is 7.56. The van der Waals surface area contributed by atoms with Crippen LogP contribution in [0.2, 0.25) is 0 Å². The number of halogens is 2. The normalized spacial score (nSPS) is 23.5. The van der Waals surface area contributed by atoms with Crippen LogP contribution in [-0.2, 0) is 4.84 Å². The summed E-state index contributed by atoms with van der Waals surface area (Å²) in [4.78, 5) is 7.12. The Morgan fingerprint density at radius 1 is 1.42 bits per heavy atom. The first-order valence-electron chi connectivity index (χ1n) is 3.83. The van der Waals surface area contributed by atoms with Crippen molar-refractivity contribution in [3.05, 3.63) is 0 Å². The fourth-order valence-electron chi connectivity index (χ4n) is 1.33. The van der Waals surface area contributed by atoms with Gasteiger partial charge in [0.2, 0.25) is 0 Å². The highest BCUT2D eigenvalue weighted by atomic mass is 35.5. The van der Waals surface area contributed by atoms with Crippen LogP contribution in [0.15, 0.2) is 0 Å². The van der Waals surface area contributed by atoms with E-state index in [-0.39, 0.29) is 30.9 Å². The Bertz CT molecular complexity index is 114. The smallest absolute Gasteiger partial charge is 0.0926 e. The standard InChI is InChI=1S/C7H16N2O.2ClH/c1-6(2)9-4-3-7(5-9)10-8;;/h6-7H,3-5,8H2,1-2H3;2*1H. The predicted molar refractivity (Wildman–Crippen MR) is 54.9 cm³/mol. The third-order valence-corrected chi connectivity index (χ3v) is 2.10. The molecule has 2 N–H and O–H groups in total. The van der Waals surface area contributed by atoms with Crippen molar-refractivity contribution in [3.8, 4) is 0 Å². The highest BCUT2D eigenvalue weighted by molar-refractivity contribution is 5.85. The molecule has 0 aromatic carbocycles. The fraction of sp³-hybridized carbons (Fsp3) is 1.00. The van der Waals surface area contributed by atoms with E-state index in [0.717, 1.165) is 19.5 Å². The van der Waals surface area contributed by atoms with Crippen molar-refractivity contribution < 1.29 is 4.84 Å². The van der Waals surface area contributed by atoms with Gasteiger partial charge in [0, 0.05) is 19.1 Å². The van der Waals surface area contributed by atoms with Gasteiger partial charge in [0.25, 0.3) is 0 Å². The molecule has 1 rings (SSSR count). The summed E-state index contributed by atoms with van der Waals surface area (Å²) in [5, 5.41) is 0. The van der Waals surface area contributed by atoms with Gasteiger partial charge in [0.15, 0.2) is 0 Å². The molecule has 0 aromatic heterocycles. The van der Waals surface area contributed by atoms with Gasteiger partial charge in [-0.25, -0.2) is 5.90 Å². The topological polar surface area (TPSA) is 38.5 Å². The second-order valence-corrected chi connectivity index (χ2v) is 3.14. The van der Waals surface area contributed by atoms with Crippen LogP contribution < -0.4 is 5.90 Å². The Hall–Kier alpha value is 0.460. The van der Waals surface area contributed by atoms with Crippen LogP contribution in [0.5, 0.6) is 0 Å². The lowest BCUT2D eigenvalue weighted by atomic mass is 10.3. The predicted octanol–water partition coefficient (Wildman–Crippen LogP) is 1.20. The Morgan fingerprint density at radius 3 is 2.25 bits per heavy atom. The number of hydrogen-bond donors (Lipinski definition) is 1. The molecule has 1 aliphatic heterocycles. The number of nitrogens with zero attached hydrogens (tertiary/aromatic N) is 1. The lowest BCUT2D eigenvalue weighted by Gasteiger charge is -2.19. The van der Waals surface area contributed by atoms with E-state index in [0.29, 0.717) is 6.04 Å². The fourth-order valence-corrected chi connectivity index (χ4v) is 1.33. The molecule has 5 heteroatoms. The van der Waals surface area contributed by atoms with Gasteiger partial charge < -0.3 is 0 Å². The zero-order valence-electron chi connectivity index (χ0n) is 7.53. The quantitative estimate of drug-likeness (QED) is 0.706. The molecule has 0 aromatic rings. The van der Waals surface area contributed by atoms with Gasteiger partial charge in [-0.15, -0.1) is 24.8 Å². The summed E-state index contributed by atoms with van der Waals surface area (Å²) < 4.78 is 0. The van der Waals surface area contributed by atoms with E-state index < -0.39 is 0 Å². The average molecular weight is 217 g/mol. The summed E-state index contributed by atoms with van der Waals surface area (Å²) in [6.45, 7) is 6.51.